The van der Waals surface area contributed by atoms with Crippen molar-refractivity contribution in [1.29, 1.82) is 0 Å². The summed E-state index contributed by atoms with van der Waals surface area (Å²) in [5.41, 5.74) is 1.68. The first-order valence-corrected chi connectivity index (χ1v) is 7.04. The summed E-state index contributed by atoms with van der Waals surface area (Å²) in [6.07, 6.45) is 0. The molecule has 0 aliphatic heterocycles. The predicted octanol–water partition coefficient (Wildman–Crippen LogP) is 3.92. The van der Waals surface area contributed by atoms with E-state index in [1.165, 1.54) is 19.2 Å². The minimum Gasteiger partial charge on any atom is -0.482 e. The molecule has 120 valence electrons. The highest BCUT2D eigenvalue weighted by atomic mass is 35.5. The summed E-state index contributed by atoms with van der Waals surface area (Å²) in [6, 6.07) is 9.40. The van der Waals surface area contributed by atoms with Crippen molar-refractivity contribution in [3.8, 4) is 5.75 Å². The third-order valence-electron chi connectivity index (χ3n) is 3.21. The van der Waals surface area contributed by atoms with Crippen molar-refractivity contribution in [2.75, 3.05) is 7.11 Å². The van der Waals surface area contributed by atoms with Gasteiger partial charge in [0.25, 0.3) is 0 Å². The van der Waals surface area contributed by atoms with Gasteiger partial charge < -0.3 is 9.47 Å². The topological polar surface area (TPSA) is 78.7 Å². The van der Waals surface area contributed by atoms with E-state index in [0.29, 0.717) is 16.1 Å². The average molecular weight is 336 g/mol. The lowest BCUT2D eigenvalue weighted by molar-refractivity contribution is -0.385. The second-order valence-corrected chi connectivity index (χ2v) is 5.21. The van der Waals surface area contributed by atoms with E-state index in [1.807, 2.05) is 0 Å². The molecule has 0 heterocycles. The first-order valence-electron chi connectivity index (χ1n) is 6.67. The third kappa shape index (κ3) is 3.98. The van der Waals surface area contributed by atoms with Crippen LogP contribution in [0, 0.1) is 17.0 Å². The number of nitro benzene ring substituents is 1. The van der Waals surface area contributed by atoms with Gasteiger partial charge in [0.1, 0.15) is 6.61 Å². The number of hydrogen-bond acceptors (Lipinski definition) is 5. The van der Waals surface area contributed by atoms with Crippen molar-refractivity contribution >= 4 is 23.3 Å². The van der Waals surface area contributed by atoms with Crippen LogP contribution in [0.25, 0.3) is 0 Å². The lowest BCUT2D eigenvalue weighted by Crippen LogP contribution is -2.03. The predicted molar refractivity (Wildman–Crippen MR) is 85.0 cm³/mol. The molecule has 0 aliphatic carbocycles. The molecule has 0 aliphatic rings. The van der Waals surface area contributed by atoms with Crippen LogP contribution >= 0.6 is 11.6 Å². The van der Waals surface area contributed by atoms with E-state index in [4.69, 9.17) is 16.3 Å². The van der Waals surface area contributed by atoms with Gasteiger partial charge in [-0.1, -0.05) is 23.7 Å². The molecular weight excluding hydrogens is 322 g/mol. The van der Waals surface area contributed by atoms with Crippen LogP contribution in [0.5, 0.6) is 5.75 Å². The number of aryl methyl sites for hydroxylation is 1. The Labute approximate surface area is 137 Å². The Morgan fingerprint density at radius 3 is 2.48 bits per heavy atom. The number of halogens is 1. The second kappa shape index (κ2) is 7.11. The maximum atomic E-state index is 11.4. The number of rotatable bonds is 5. The molecular formula is C16H14ClNO5. The van der Waals surface area contributed by atoms with Gasteiger partial charge in [0.15, 0.2) is 5.75 Å². The molecule has 0 radical (unpaired) electrons. The van der Waals surface area contributed by atoms with Crippen LogP contribution in [0.3, 0.4) is 0 Å². The molecule has 2 rings (SSSR count). The van der Waals surface area contributed by atoms with E-state index < -0.39 is 10.9 Å². The van der Waals surface area contributed by atoms with Gasteiger partial charge in [0, 0.05) is 6.07 Å². The number of carbonyl (C=O) groups is 1. The number of benzene rings is 2. The van der Waals surface area contributed by atoms with Gasteiger partial charge in [-0.05, 0) is 36.2 Å². The van der Waals surface area contributed by atoms with Gasteiger partial charge in [-0.2, -0.15) is 0 Å². The standard InChI is InChI=1S/C16H14ClNO5/c1-10-7-15(14(18(20)21)8-13(10)17)23-9-11-3-5-12(6-4-11)16(19)22-2/h3-8H,9H2,1-2H3. The molecule has 0 saturated carbocycles. The Balaban J connectivity index is 2.16. The monoisotopic (exact) mass is 335 g/mol. The molecule has 7 heteroatoms. The van der Waals surface area contributed by atoms with E-state index in [1.54, 1.807) is 31.2 Å². The Bertz CT molecular complexity index is 743. The fourth-order valence-corrected chi connectivity index (χ4v) is 2.08. The molecule has 23 heavy (non-hydrogen) atoms. The van der Waals surface area contributed by atoms with Crippen LogP contribution < -0.4 is 4.74 Å². The lowest BCUT2D eigenvalue weighted by Gasteiger charge is -2.09. The summed E-state index contributed by atoms with van der Waals surface area (Å²) in [4.78, 5) is 21.9. The number of hydrogen-bond donors (Lipinski definition) is 0. The first-order chi connectivity index (χ1) is 10.9. The van der Waals surface area contributed by atoms with Crippen molar-refractivity contribution in [3.63, 3.8) is 0 Å². The van der Waals surface area contributed by atoms with Crippen LogP contribution in [0.15, 0.2) is 36.4 Å². The molecule has 0 bridgehead atoms. The summed E-state index contributed by atoms with van der Waals surface area (Å²) in [6.45, 7) is 1.87. The highest BCUT2D eigenvalue weighted by Crippen LogP contribution is 2.33. The van der Waals surface area contributed by atoms with Crippen LogP contribution in [-0.4, -0.2) is 18.0 Å². The van der Waals surface area contributed by atoms with Crippen molar-refractivity contribution in [1.82, 2.24) is 0 Å². The maximum absolute atomic E-state index is 11.4. The maximum Gasteiger partial charge on any atom is 0.337 e. The van der Waals surface area contributed by atoms with E-state index >= 15 is 0 Å². The molecule has 0 spiro atoms. The van der Waals surface area contributed by atoms with Gasteiger partial charge in [-0.3, -0.25) is 10.1 Å². The molecule has 0 aromatic heterocycles. The molecule has 0 amide bonds. The number of methoxy groups -OCH3 is 1. The van der Waals surface area contributed by atoms with E-state index in [-0.39, 0.29) is 18.0 Å². The molecule has 0 N–H and O–H groups in total. The largest absolute Gasteiger partial charge is 0.482 e. The molecule has 0 saturated heterocycles. The normalized spacial score (nSPS) is 10.2. The van der Waals surface area contributed by atoms with Crippen molar-refractivity contribution in [2.24, 2.45) is 0 Å². The van der Waals surface area contributed by atoms with Crippen LogP contribution in [-0.2, 0) is 11.3 Å². The van der Waals surface area contributed by atoms with Crippen molar-refractivity contribution in [2.45, 2.75) is 13.5 Å². The minimum atomic E-state index is -0.541. The summed E-state index contributed by atoms with van der Waals surface area (Å²) >= 11 is 5.90. The molecule has 0 unspecified atom stereocenters. The number of esters is 1. The highest BCUT2D eigenvalue weighted by molar-refractivity contribution is 6.31. The van der Waals surface area contributed by atoms with Gasteiger partial charge >= 0.3 is 11.7 Å². The van der Waals surface area contributed by atoms with Gasteiger partial charge in [-0.15, -0.1) is 0 Å². The fraction of sp³-hybridized carbons (Fsp3) is 0.188. The van der Waals surface area contributed by atoms with E-state index in [2.05, 4.69) is 4.74 Å². The van der Waals surface area contributed by atoms with E-state index in [0.717, 1.165) is 5.56 Å². The zero-order valence-corrected chi connectivity index (χ0v) is 13.3. The number of nitro groups is 1. The van der Waals surface area contributed by atoms with Crippen molar-refractivity contribution < 1.29 is 19.2 Å². The molecule has 0 fully saturated rings. The van der Waals surface area contributed by atoms with E-state index in [9.17, 15) is 14.9 Å². The lowest BCUT2D eigenvalue weighted by atomic mass is 10.1. The molecule has 0 atom stereocenters. The van der Waals surface area contributed by atoms with Crippen LogP contribution in [0.1, 0.15) is 21.5 Å². The smallest absolute Gasteiger partial charge is 0.337 e. The molecule has 6 nitrogen and oxygen atoms in total. The number of carbonyl (C=O) groups excluding carboxylic acids is 1. The summed E-state index contributed by atoms with van der Waals surface area (Å²) in [5, 5.41) is 11.4. The Morgan fingerprint density at radius 1 is 1.26 bits per heavy atom. The second-order valence-electron chi connectivity index (χ2n) is 4.80. The minimum absolute atomic E-state index is 0.128. The number of nitrogens with zero attached hydrogens (tertiary/aromatic N) is 1. The average Bonchev–Trinajstić information content (AvgIpc) is 2.55. The number of ether oxygens (including phenoxy) is 2. The van der Waals surface area contributed by atoms with Gasteiger partial charge in [-0.25, -0.2) is 4.79 Å². The zero-order chi connectivity index (χ0) is 17.0. The third-order valence-corrected chi connectivity index (χ3v) is 3.61. The zero-order valence-electron chi connectivity index (χ0n) is 12.5. The molecule has 2 aromatic carbocycles. The fourth-order valence-electron chi connectivity index (χ4n) is 1.92. The van der Waals surface area contributed by atoms with Crippen LogP contribution in [0.4, 0.5) is 5.69 Å². The van der Waals surface area contributed by atoms with Crippen LogP contribution in [0.2, 0.25) is 5.02 Å². The molecule has 2 aromatic rings. The Hall–Kier alpha value is -2.60. The highest BCUT2D eigenvalue weighted by Gasteiger charge is 2.17. The Kier molecular flexibility index (Phi) is 5.18. The van der Waals surface area contributed by atoms with Crippen molar-refractivity contribution in [3.05, 3.63) is 68.2 Å². The summed E-state index contributed by atoms with van der Waals surface area (Å²) in [7, 11) is 1.31. The SMILES string of the molecule is COC(=O)c1ccc(COc2cc(C)c(Cl)cc2[N+](=O)[O-])cc1. The van der Waals surface area contributed by atoms with Gasteiger partial charge in [0.2, 0.25) is 0 Å². The quantitative estimate of drug-likeness (QED) is 0.470. The summed E-state index contributed by atoms with van der Waals surface area (Å²) in [5.74, 6) is -0.282. The first kappa shape index (κ1) is 16.8. The Morgan fingerprint density at radius 2 is 1.91 bits per heavy atom. The summed E-state index contributed by atoms with van der Waals surface area (Å²) < 4.78 is 10.1. The van der Waals surface area contributed by atoms with Gasteiger partial charge in [0.05, 0.1) is 22.6 Å².